The summed E-state index contributed by atoms with van der Waals surface area (Å²) in [4.78, 5) is 41.2. The van der Waals surface area contributed by atoms with Gasteiger partial charge in [0.25, 0.3) is 11.8 Å². The number of likely N-dealkylation sites (tertiary alicyclic amines) is 1. The molecule has 4 rings (SSSR count). The van der Waals surface area contributed by atoms with Gasteiger partial charge in [0.05, 0.1) is 17.2 Å². The Hall–Kier alpha value is -1.97. The van der Waals surface area contributed by atoms with Gasteiger partial charge >= 0.3 is 0 Å². The molecular weight excluding hydrogens is 446 g/mol. The summed E-state index contributed by atoms with van der Waals surface area (Å²) in [5.41, 5.74) is 1.38. The third-order valence-electron chi connectivity index (χ3n) is 5.05. The Morgan fingerprint density at radius 1 is 1.32 bits per heavy atom. The molecule has 0 spiro atoms. The summed E-state index contributed by atoms with van der Waals surface area (Å²) in [6.45, 7) is 2.35. The second kappa shape index (κ2) is 8.18. The average molecular weight is 466 g/mol. The second-order valence-corrected chi connectivity index (χ2v) is 8.75. The van der Waals surface area contributed by atoms with Crippen LogP contribution in [0.25, 0.3) is 0 Å². The first kappa shape index (κ1) is 19.4. The van der Waals surface area contributed by atoms with Gasteiger partial charge in [-0.15, -0.1) is 11.3 Å². The van der Waals surface area contributed by atoms with Gasteiger partial charge in [-0.05, 0) is 28.4 Å². The molecule has 1 N–H and O–H groups in total. The summed E-state index contributed by atoms with van der Waals surface area (Å²) in [6.07, 6.45) is 4.89. The number of morpholine rings is 1. The van der Waals surface area contributed by atoms with E-state index >= 15 is 0 Å². The molecule has 1 atom stereocenters. The fourth-order valence-corrected chi connectivity index (χ4v) is 4.98. The number of allylic oxidation sites excluding steroid dienone is 2. The maximum Gasteiger partial charge on any atom is 0.261 e. The van der Waals surface area contributed by atoms with Crippen LogP contribution >= 0.6 is 27.3 Å². The predicted molar refractivity (Wildman–Crippen MR) is 108 cm³/mol. The minimum absolute atomic E-state index is 0.0233. The van der Waals surface area contributed by atoms with Crippen molar-refractivity contribution in [1.29, 1.82) is 0 Å². The molecule has 148 valence electrons. The van der Waals surface area contributed by atoms with Crippen LogP contribution in [0.3, 0.4) is 0 Å². The van der Waals surface area contributed by atoms with E-state index in [1.54, 1.807) is 6.08 Å². The Labute approximate surface area is 175 Å². The molecule has 2 saturated heterocycles. The standard InChI is InChI=1S/C19H20BrN3O4S/c20-12-7-17(28-11-12)19(26)21-13-3-4-22(9-13)14-1-2-15(16(24)8-14)23-5-6-27-10-18(23)25/h2,7-8,11,13H,1,3-6,9-10H2,(H,21,26)/t13-/m1/s1. The highest BCUT2D eigenvalue weighted by atomic mass is 79.9. The molecule has 0 saturated carbocycles. The Balaban J connectivity index is 1.35. The van der Waals surface area contributed by atoms with Gasteiger partial charge in [0.1, 0.15) is 6.61 Å². The normalized spacial score (nSPS) is 23.0. The number of carbonyl (C=O) groups is 3. The van der Waals surface area contributed by atoms with Crippen LogP contribution in [-0.2, 0) is 14.3 Å². The lowest BCUT2D eigenvalue weighted by Gasteiger charge is -2.31. The summed E-state index contributed by atoms with van der Waals surface area (Å²) in [7, 11) is 0. The Morgan fingerprint density at radius 3 is 2.89 bits per heavy atom. The topological polar surface area (TPSA) is 79.0 Å². The molecule has 0 radical (unpaired) electrons. The van der Waals surface area contributed by atoms with E-state index in [-0.39, 0.29) is 30.2 Å². The molecule has 0 unspecified atom stereocenters. The van der Waals surface area contributed by atoms with Crippen LogP contribution in [-0.4, -0.2) is 66.3 Å². The summed E-state index contributed by atoms with van der Waals surface area (Å²) < 4.78 is 6.03. The van der Waals surface area contributed by atoms with Crippen molar-refractivity contribution in [3.63, 3.8) is 0 Å². The lowest BCUT2D eigenvalue weighted by Crippen LogP contribution is -2.43. The minimum Gasteiger partial charge on any atom is -0.372 e. The first-order valence-electron chi connectivity index (χ1n) is 9.14. The van der Waals surface area contributed by atoms with Gasteiger partial charge in [0.15, 0.2) is 0 Å². The smallest absolute Gasteiger partial charge is 0.261 e. The van der Waals surface area contributed by atoms with Crippen LogP contribution in [0.2, 0.25) is 0 Å². The van der Waals surface area contributed by atoms with Crippen LogP contribution in [0.1, 0.15) is 22.5 Å². The Kier molecular flexibility index (Phi) is 5.65. The molecule has 7 nitrogen and oxygen atoms in total. The number of rotatable bonds is 4. The number of nitrogens with zero attached hydrogens (tertiary/aromatic N) is 2. The van der Waals surface area contributed by atoms with Crippen molar-refractivity contribution in [1.82, 2.24) is 15.1 Å². The highest BCUT2D eigenvalue weighted by Crippen LogP contribution is 2.26. The van der Waals surface area contributed by atoms with E-state index in [2.05, 4.69) is 26.1 Å². The van der Waals surface area contributed by atoms with Crippen molar-refractivity contribution in [3.05, 3.63) is 44.3 Å². The fourth-order valence-electron chi connectivity index (χ4n) is 3.65. The van der Waals surface area contributed by atoms with Crippen molar-refractivity contribution >= 4 is 44.9 Å². The summed E-state index contributed by atoms with van der Waals surface area (Å²) in [6, 6.07) is 1.87. The first-order valence-corrected chi connectivity index (χ1v) is 10.8. The van der Waals surface area contributed by atoms with Crippen LogP contribution < -0.4 is 5.32 Å². The molecular formula is C19H20BrN3O4S. The van der Waals surface area contributed by atoms with Crippen molar-refractivity contribution < 1.29 is 19.1 Å². The zero-order chi connectivity index (χ0) is 19.7. The van der Waals surface area contributed by atoms with Crippen LogP contribution in [0.4, 0.5) is 0 Å². The van der Waals surface area contributed by atoms with Gasteiger partial charge in [0.2, 0.25) is 5.78 Å². The van der Waals surface area contributed by atoms with E-state index in [9.17, 15) is 14.4 Å². The molecule has 28 heavy (non-hydrogen) atoms. The number of ether oxygens (including phenoxy) is 1. The number of halogens is 1. The third-order valence-corrected chi connectivity index (χ3v) is 6.74. The molecule has 1 aromatic rings. The minimum atomic E-state index is -0.174. The number of thiophene rings is 1. The highest BCUT2D eigenvalue weighted by molar-refractivity contribution is 9.10. The van der Waals surface area contributed by atoms with Crippen molar-refractivity contribution in [2.75, 3.05) is 32.8 Å². The monoisotopic (exact) mass is 465 g/mol. The molecule has 1 aromatic heterocycles. The number of nitrogens with one attached hydrogen (secondary N) is 1. The van der Waals surface area contributed by atoms with Crippen LogP contribution in [0.5, 0.6) is 0 Å². The fraction of sp³-hybridized carbons (Fsp3) is 0.421. The molecule has 0 bridgehead atoms. The van der Waals surface area contributed by atoms with Gasteiger partial charge < -0.3 is 19.9 Å². The molecule has 3 heterocycles. The highest BCUT2D eigenvalue weighted by Gasteiger charge is 2.31. The number of hydrogen-bond donors (Lipinski definition) is 1. The summed E-state index contributed by atoms with van der Waals surface area (Å²) >= 11 is 4.77. The molecule has 2 fully saturated rings. The Morgan fingerprint density at radius 2 is 2.18 bits per heavy atom. The van der Waals surface area contributed by atoms with Crippen LogP contribution in [0, 0.1) is 0 Å². The number of hydrogen-bond acceptors (Lipinski definition) is 6. The molecule has 1 aliphatic carbocycles. The van der Waals surface area contributed by atoms with Gasteiger partial charge in [-0.25, -0.2) is 0 Å². The van der Waals surface area contributed by atoms with Gasteiger partial charge in [-0.3, -0.25) is 14.4 Å². The summed E-state index contributed by atoms with van der Waals surface area (Å²) in [5.74, 6) is -0.386. The number of amides is 2. The Bertz CT molecular complexity index is 878. The number of carbonyl (C=O) groups excluding carboxylic acids is 3. The van der Waals surface area contributed by atoms with E-state index in [1.807, 2.05) is 17.5 Å². The van der Waals surface area contributed by atoms with Crippen molar-refractivity contribution in [2.24, 2.45) is 0 Å². The largest absolute Gasteiger partial charge is 0.372 e. The van der Waals surface area contributed by atoms with Crippen molar-refractivity contribution in [3.8, 4) is 0 Å². The van der Waals surface area contributed by atoms with Gasteiger partial charge in [-0.2, -0.15) is 0 Å². The molecule has 2 aliphatic heterocycles. The lowest BCUT2D eigenvalue weighted by atomic mass is 10.1. The third kappa shape index (κ3) is 4.06. The van der Waals surface area contributed by atoms with Crippen molar-refractivity contribution in [2.45, 2.75) is 18.9 Å². The maximum atomic E-state index is 12.6. The first-order chi connectivity index (χ1) is 13.5. The van der Waals surface area contributed by atoms with Gasteiger partial charge in [0, 0.05) is 53.7 Å². The molecule has 2 amide bonds. The van der Waals surface area contributed by atoms with E-state index in [1.165, 1.54) is 16.2 Å². The van der Waals surface area contributed by atoms with E-state index in [0.717, 1.165) is 23.1 Å². The number of ketones is 1. The molecule has 3 aliphatic rings. The molecule has 0 aromatic carbocycles. The summed E-state index contributed by atoms with van der Waals surface area (Å²) in [5, 5.41) is 4.96. The van der Waals surface area contributed by atoms with Gasteiger partial charge in [-0.1, -0.05) is 6.08 Å². The molecule has 9 heteroatoms. The SMILES string of the molecule is O=C1C=C(N2CC[C@@H](NC(=O)c3cc(Br)cs3)C2)CC=C1N1CCOCC1=O. The van der Waals surface area contributed by atoms with Crippen LogP contribution in [0.15, 0.2) is 39.5 Å². The average Bonchev–Trinajstić information content (AvgIpc) is 3.31. The van der Waals surface area contributed by atoms with E-state index in [0.29, 0.717) is 36.7 Å². The maximum absolute atomic E-state index is 12.6. The lowest BCUT2D eigenvalue weighted by molar-refractivity contribution is -0.141. The second-order valence-electron chi connectivity index (χ2n) is 6.93. The predicted octanol–water partition coefficient (Wildman–Crippen LogP) is 1.91. The van der Waals surface area contributed by atoms with E-state index < -0.39 is 0 Å². The quantitative estimate of drug-likeness (QED) is 0.734. The zero-order valence-electron chi connectivity index (χ0n) is 15.2. The zero-order valence-corrected chi connectivity index (χ0v) is 17.6. The van der Waals surface area contributed by atoms with E-state index in [4.69, 9.17) is 4.74 Å².